The van der Waals surface area contributed by atoms with Crippen LogP contribution >= 0.6 is 0 Å². The van der Waals surface area contributed by atoms with Gasteiger partial charge in [-0.05, 0) is 79.3 Å². The first kappa shape index (κ1) is 34.2. The monoisotopic (exact) mass is 606 g/mol. The molecule has 0 bridgehead atoms. The van der Waals surface area contributed by atoms with Gasteiger partial charge in [0.25, 0.3) is 11.8 Å². The third-order valence-electron chi connectivity index (χ3n) is 7.38. The van der Waals surface area contributed by atoms with E-state index in [0.717, 1.165) is 24.0 Å². The summed E-state index contributed by atoms with van der Waals surface area (Å²) in [6.07, 6.45) is 0.595. The van der Waals surface area contributed by atoms with Gasteiger partial charge >= 0.3 is 0 Å². The van der Waals surface area contributed by atoms with Crippen LogP contribution in [0.25, 0.3) is 0 Å². The van der Waals surface area contributed by atoms with Crippen LogP contribution in [-0.4, -0.2) is 71.5 Å². The Hall–Kier alpha value is -4.28. The van der Waals surface area contributed by atoms with Crippen LogP contribution in [0, 0.1) is 12.7 Å². The number of halogens is 1. The van der Waals surface area contributed by atoms with Crippen molar-refractivity contribution in [3.63, 3.8) is 0 Å². The minimum absolute atomic E-state index is 0.0254. The number of aliphatic hydroxyl groups is 1. The Kier molecular flexibility index (Phi) is 12.4. The average Bonchev–Trinajstić information content (AvgIpc) is 3.01. The summed E-state index contributed by atoms with van der Waals surface area (Å²) >= 11 is 0. The molecule has 9 nitrogen and oxygen atoms in total. The van der Waals surface area contributed by atoms with Crippen molar-refractivity contribution in [2.45, 2.75) is 58.7 Å². The number of nitrogens with two attached hydrogens (primary N) is 2. The molecule has 44 heavy (non-hydrogen) atoms. The molecule has 3 aromatic carbocycles. The molecule has 3 amide bonds. The van der Waals surface area contributed by atoms with Gasteiger partial charge in [0.15, 0.2) is 0 Å². The fraction of sp³-hybridized carbons (Fsp3) is 0.382. The number of carbonyl (C=O) groups is 3. The van der Waals surface area contributed by atoms with E-state index in [4.69, 9.17) is 16.2 Å². The molecule has 0 aliphatic heterocycles. The van der Waals surface area contributed by atoms with Gasteiger partial charge in [-0.1, -0.05) is 38.1 Å². The van der Waals surface area contributed by atoms with Gasteiger partial charge in [0, 0.05) is 48.9 Å². The Morgan fingerprint density at radius 1 is 0.886 bits per heavy atom. The number of carbonyl (C=O) groups excluding carboxylic acids is 3. The second-order valence-corrected chi connectivity index (χ2v) is 11.0. The maximum Gasteiger partial charge on any atom is 0.254 e. The molecule has 5 N–H and O–H groups in total. The Balaban J connectivity index is 1.98. The van der Waals surface area contributed by atoms with Crippen molar-refractivity contribution in [2.75, 3.05) is 26.7 Å². The SMILES string of the molecule is CCCN(CCC)C(=O)c1cc(C(N)=O)cc(C(=O)N(Cc2cccc(OC)c2)C[C@@H](O)[C@@H](N)Cc2ccc(F)c(C)c2)c1. The summed E-state index contributed by atoms with van der Waals surface area (Å²) in [5, 5.41) is 11.2. The first-order valence-corrected chi connectivity index (χ1v) is 14.8. The highest BCUT2D eigenvalue weighted by molar-refractivity contribution is 6.04. The highest BCUT2D eigenvalue weighted by Gasteiger charge is 2.26. The highest BCUT2D eigenvalue weighted by Crippen LogP contribution is 2.20. The van der Waals surface area contributed by atoms with Gasteiger partial charge in [-0.25, -0.2) is 4.39 Å². The third-order valence-corrected chi connectivity index (χ3v) is 7.38. The molecule has 0 aliphatic rings. The fourth-order valence-corrected chi connectivity index (χ4v) is 5.05. The summed E-state index contributed by atoms with van der Waals surface area (Å²) in [6, 6.07) is 15.3. The zero-order valence-electron chi connectivity index (χ0n) is 25.9. The van der Waals surface area contributed by atoms with Crippen LogP contribution < -0.4 is 16.2 Å². The highest BCUT2D eigenvalue weighted by atomic mass is 19.1. The van der Waals surface area contributed by atoms with Crippen molar-refractivity contribution in [3.05, 3.63) is 99.9 Å². The van der Waals surface area contributed by atoms with E-state index in [0.29, 0.717) is 24.4 Å². The van der Waals surface area contributed by atoms with E-state index in [9.17, 15) is 23.9 Å². The molecule has 3 rings (SSSR count). The maximum absolute atomic E-state index is 14.1. The summed E-state index contributed by atoms with van der Waals surface area (Å²) < 4.78 is 19.1. The Morgan fingerprint density at radius 2 is 1.50 bits per heavy atom. The van der Waals surface area contributed by atoms with Gasteiger partial charge in [-0.15, -0.1) is 0 Å². The van der Waals surface area contributed by atoms with Crippen molar-refractivity contribution in [1.82, 2.24) is 9.80 Å². The maximum atomic E-state index is 14.1. The molecule has 236 valence electrons. The molecule has 0 heterocycles. The summed E-state index contributed by atoms with van der Waals surface area (Å²) in [6.45, 7) is 6.56. The van der Waals surface area contributed by atoms with Crippen molar-refractivity contribution in [3.8, 4) is 5.75 Å². The summed E-state index contributed by atoms with van der Waals surface area (Å²) in [7, 11) is 1.54. The van der Waals surface area contributed by atoms with Crippen LogP contribution in [0.15, 0.2) is 60.7 Å². The van der Waals surface area contributed by atoms with E-state index in [1.165, 1.54) is 36.3 Å². The van der Waals surface area contributed by atoms with Crippen LogP contribution in [0.5, 0.6) is 5.75 Å². The number of methoxy groups -OCH3 is 1. The zero-order chi connectivity index (χ0) is 32.4. The van der Waals surface area contributed by atoms with Crippen molar-refractivity contribution in [1.29, 1.82) is 0 Å². The number of amides is 3. The molecule has 0 fully saturated rings. The molecular formula is C34H43FN4O5. The first-order chi connectivity index (χ1) is 21.0. The predicted molar refractivity (Wildman–Crippen MR) is 168 cm³/mol. The van der Waals surface area contributed by atoms with Crippen molar-refractivity contribution in [2.24, 2.45) is 11.5 Å². The number of hydrogen-bond acceptors (Lipinski definition) is 6. The Bertz CT molecular complexity index is 1460. The molecule has 0 radical (unpaired) electrons. The fourth-order valence-electron chi connectivity index (χ4n) is 5.05. The minimum atomic E-state index is -1.15. The number of ether oxygens (including phenoxy) is 1. The lowest BCUT2D eigenvalue weighted by Gasteiger charge is -2.29. The molecule has 0 aliphatic carbocycles. The lowest BCUT2D eigenvalue weighted by atomic mass is 9.99. The molecule has 10 heteroatoms. The molecule has 0 saturated heterocycles. The Morgan fingerprint density at radius 3 is 2.07 bits per heavy atom. The van der Waals surface area contributed by atoms with E-state index in [-0.39, 0.29) is 47.9 Å². The van der Waals surface area contributed by atoms with E-state index < -0.39 is 24.0 Å². The van der Waals surface area contributed by atoms with Crippen molar-refractivity contribution >= 4 is 17.7 Å². The zero-order valence-corrected chi connectivity index (χ0v) is 25.9. The summed E-state index contributed by atoms with van der Waals surface area (Å²) in [4.78, 5) is 42.9. The molecule has 0 unspecified atom stereocenters. The smallest absolute Gasteiger partial charge is 0.254 e. The molecule has 0 spiro atoms. The number of hydrogen-bond donors (Lipinski definition) is 3. The van der Waals surface area contributed by atoms with E-state index in [1.54, 1.807) is 42.2 Å². The second-order valence-electron chi connectivity index (χ2n) is 11.0. The number of primary amides is 1. The van der Waals surface area contributed by atoms with Crippen molar-refractivity contribution < 1.29 is 28.6 Å². The largest absolute Gasteiger partial charge is 0.497 e. The first-order valence-electron chi connectivity index (χ1n) is 14.8. The lowest BCUT2D eigenvalue weighted by molar-refractivity contribution is 0.0554. The normalized spacial score (nSPS) is 12.3. The summed E-state index contributed by atoms with van der Waals surface area (Å²) in [5.74, 6) is -1.34. The second kappa shape index (κ2) is 16.0. The number of benzene rings is 3. The van der Waals surface area contributed by atoms with E-state index >= 15 is 0 Å². The number of aliphatic hydroxyl groups excluding tert-OH is 1. The van der Waals surface area contributed by atoms with Crippen LogP contribution in [0.1, 0.15) is 74.5 Å². The quantitative estimate of drug-likeness (QED) is 0.238. The molecular weight excluding hydrogens is 563 g/mol. The van der Waals surface area contributed by atoms with Crippen LogP contribution in [-0.2, 0) is 13.0 Å². The van der Waals surface area contributed by atoms with Gasteiger partial charge < -0.3 is 31.1 Å². The lowest BCUT2D eigenvalue weighted by Crippen LogP contribution is -2.46. The number of nitrogens with zero attached hydrogens (tertiary/aromatic N) is 2. The molecule has 3 aromatic rings. The van der Waals surface area contributed by atoms with Crippen LogP contribution in [0.4, 0.5) is 4.39 Å². The van der Waals surface area contributed by atoms with Gasteiger partial charge in [-0.2, -0.15) is 0 Å². The van der Waals surface area contributed by atoms with Gasteiger partial charge in [0.05, 0.1) is 13.2 Å². The van der Waals surface area contributed by atoms with E-state index in [1.807, 2.05) is 19.9 Å². The predicted octanol–water partition coefficient (Wildman–Crippen LogP) is 4.08. The van der Waals surface area contributed by atoms with Gasteiger partial charge in [0.2, 0.25) is 5.91 Å². The number of rotatable bonds is 15. The van der Waals surface area contributed by atoms with Gasteiger partial charge in [-0.3, -0.25) is 14.4 Å². The molecule has 0 saturated carbocycles. The van der Waals surface area contributed by atoms with Crippen LogP contribution in [0.2, 0.25) is 0 Å². The average molecular weight is 607 g/mol. The Labute approximate surface area is 258 Å². The minimum Gasteiger partial charge on any atom is -0.497 e. The topological polar surface area (TPSA) is 139 Å². The standard InChI is InChI=1S/C34H43FN4O5/c1-5-12-38(13-6-2)33(42)26-17-25(32(37)41)18-27(19-26)34(43)39(20-24-8-7-9-28(15-24)44-4)21-31(40)30(36)16-23-10-11-29(35)22(3)14-23/h7-11,14-15,17-19,30-31,40H,5-6,12-13,16,20-21,36H2,1-4H3,(H2,37,41)/t30-,31+/m0/s1. The summed E-state index contributed by atoms with van der Waals surface area (Å²) in [5.41, 5.74) is 14.2. The molecule has 0 aromatic heterocycles. The van der Waals surface area contributed by atoms with Gasteiger partial charge in [0.1, 0.15) is 11.6 Å². The van der Waals surface area contributed by atoms with E-state index in [2.05, 4.69) is 0 Å². The van der Waals surface area contributed by atoms with Crippen LogP contribution in [0.3, 0.4) is 0 Å². The molecule has 2 atom stereocenters. The third kappa shape index (κ3) is 9.11. The number of aryl methyl sites for hydroxylation is 1.